The number of rotatable bonds is 6. The van der Waals surface area contributed by atoms with Crippen LogP contribution in [0.1, 0.15) is 29.3 Å². The lowest BCUT2D eigenvalue weighted by atomic mass is 10.1. The van der Waals surface area contributed by atoms with Gasteiger partial charge in [0.2, 0.25) is 0 Å². The fourth-order valence-electron chi connectivity index (χ4n) is 2.06. The van der Waals surface area contributed by atoms with Crippen LogP contribution in [0.3, 0.4) is 0 Å². The number of benzene rings is 1. The minimum Gasteiger partial charge on any atom is -0.487 e. The summed E-state index contributed by atoms with van der Waals surface area (Å²) in [5.41, 5.74) is 4.15. The molecule has 0 bridgehead atoms. The first kappa shape index (κ1) is 15.8. The third kappa shape index (κ3) is 4.45. The molecule has 0 aliphatic carbocycles. The summed E-state index contributed by atoms with van der Waals surface area (Å²) in [5, 5.41) is 4.08. The summed E-state index contributed by atoms with van der Waals surface area (Å²) in [6, 6.07) is 7.98. The van der Waals surface area contributed by atoms with Crippen LogP contribution in [-0.2, 0) is 13.2 Å². The molecule has 1 aromatic carbocycles. The quantitative estimate of drug-likeness (QED) is 0.874. The van der Waals surface area contributed by atoms with Gasteiger partial charge in [-0.25, -0.2) is 0 Å². The molecule has 0 unspecified atom stereocenters. The van der Waals surface area contributed by atoms with Crippen LogP contribution in [0, 0.1) is 13.8 Å². The first-order valence-corrected chi connectivity index (χ1v) is 7.52. The molecule has 0 radical (unpaired) electrons. The van der Waals surface area contributed by atoms with Crippen LogP contribution in [0.5, 0.6) is 5.75 Å². The Morgan fingerprint density at radius 2 is 1.90 bits per heavy atom. The molecule has 1 heterocycles. The lowest BCUT2D eigenvalue weighted by Gasteiger charge is -2.10. The van der Waals surface area contributed by atoms with E-state index >= 15 is 0 Å². The highest BCUT2D eigenvalue weighted by Gasteiger charge is 2.04. The van der Waals surface area contributed by atoms with E-state index in [0.717, 1.165) is 40.7 Å². The van der Waals surface area contributed by atoms with Gasteiger partial charge in [0.05, 0.1) is 5.69 Å². The zero-order chi connectivity index (χ0) is 15.2. The molecule has 112 valence electrons. The fraction of sp³-hybridized carbons (Fsp3) is 0.353. The molecule has 0 spiro atoms. The average Bonchev–Trinajstić information content (AvgIpc) is 2.49. The first-order valence-electron chi connectivity index (χ1n) is 7.14. The van der Waals surface area contributed by atoms with Crippen molar-refractivity contribution >= 4 is 11.6 Å². The minimum atomic E-state index is 0.460. The minimum absolute atomic E-state index is 0.460. The molecule has 21 heavy (non-hydrogen) atoms. The second kappa shape index (κ2) is 7.43. The van der Waals surface area contributed by atoms with Gasteiger partial charge in [0, 0.05) is 17.8 Å². The summed E-state index contributed by atoms with van der Waals surface area (Å²) in [4.78, 5) is 4.42. The molecule has 0 aliphatic heterocycles. The molecule has 2 aromatic rings. The Bertz CT molecular complexity index is 573. The van der Waals surface area contributed by atoms with Gasteiger partial charge in [-0.3, -0.25) is 4.98 Å². The van der Waals surface area contributed by atoms with Crippen LogP contribution < -0.4 is 10.1 Å². The van der Waals surface area contributed by atoms with Gasteiger partial charge in [0.1, 0.15) is 12.4 Å². The van der Waals surface area contributed by atoms with Gasteiger partial charge in [-0.1, -0.05) is 24.6 Å². The number of nitrogens with zero attached hydrogens (tertiary/aromatic N) is 1. The van der Waals surface area contributed by atoms with E-state index in [1.807, 2.05) is 38.2 Å². The van der Waals surface area contributed by atoms with Gasteiger partial charge in [0.25, 0.3) is 0 Å². The predicted molar refractivity (Wildman–Crippen MR) is 86.9 cm³/mol. The van der Waals surface area contributed by atoms with Crippen molar-refractivity contribution in [1.29, 1.82) is 0 Å². The summed E-state index contributed by atoms with van der Waals surface area (Å²) in [6.07, 6.45) is 1.89. The van der Waals surface area contributed by atoms with Crippen molar-refractivity contribution in [3.8, 4) is 5.75 Å². The van der Waals surface area contributed by atoms with Crippen molar-refractivity contribution in [2.24, 2.45) is 0 Å². The van der Waals surface area contributed by atoms with Crippen LogP contribution in [0.2, 0.25) is 5.02 Å². The number of nitrogens with one attached hydrogen (secondary N) is 1. The van der Waals surface area contributed by atoms with E-state index in [1.165, 1.54) is 5.56 Å². The van der Waals surface area contributed by atoms with E-state index < -0.39 is 0 Å². The van der Waals surface area contributed by atoms with Crippen molar-refractivity contribution in [2.75, 3.05) is 6.54 Å². The van der Waals surface area contributed by atoms with Crippen molar-refractivity contribution < 1.29 is 4.74 Å². The Morgan fingerprint density at radius 3 is 2.48 bits per heavy atom. The number of pyridine rings is 1. The standard InChI is InChI=1S/C17H21ClN2O/c1-4-19-9-14-5-6-15(20-10-14)11-21-16-7-12(2)17(18)13(3)8-16/h5-8,10,19H,4,9,11H2,1-3H3. The van der Waals surface area contributed by atoms with E-state index in [0.29, 0.717) is 6.61 Å². The van der Waals surface area contributed by atoms with Gasteiger partial charge in [-0.15, -0.1) is 0 Å². The Labute approximate surface area is 131 Å². The fourth-order valence-corrected chi connectivity index (χ4v) is 2.17. The van der Waals surface area contributed by atoms with E-state index in [9.17, 15) is 0 Å². The molecule has 2 rings (SSSR count). The maximum Gasteiger partial charge on any atom is 0.130 e. The van der Waals surface area contributed by atoms with E-state index in [-0.39, 0.29) is 0 Å². The molecule has 0 amide bonds. The van der Waals surface area contributed by atoms with E-state index in [4.69, 9.17) is 16.3 Å². The van der Waals surface area contributed by atoms with Gasteiger partial charge in [0.15, 0.2) is 0 Å². The molecule has 4 heteroatoms. The molecule has 0 saturated carbocycles. The number of hydrogen-bond donors (Lipinski definition) is 1. The molecule has 0 fully saturated rings. The molecule has 3 nitrogen and oxygen atoms in total. The maximum atomic E-state index is 6.15. The van der Waals surface area contributed by atoms with Gasteiger partial charge in [-0.05, 0) is 55.3 Å². The zero-order valence-electron chi connectivity index (χ0n) is 12.7. The lowest BCUT2D eigenvalue weighted by Crippen LogP contribution is -2.12. The van der Waals surface area contributed by atoms with E-state index in [2.05, 4.69) is 23.3 Å². The van der Waals surface area contributed by atoms with Crippen LogP contribution >= 0.6 is 11.6 Å². The Kier molecular flexibility index (Phi) is 5.59. The van der Waals surface area contributed by atoms with Crippen molar-refractivity contribution in [3.63, 3.8) is 0 Å². The summed E-state index contributed by atoms with van der Waals surface area (Å²) in [5.74, 6) is 0.827. The molecule has 0 aliphatic rings. The van der Waals surface area contributed by atoms with Crippen LogP contribution in [0.25, 0.3) is 0 Å². The van der Waals surface area contributed by atoms with E-state index in [1.54, 1.807) is 0 Å². The normalized spacial score (nSPS) is 10.7. The lowest BCUT2D eigenvalue weighted by molar-refractivity contribution is 0.301. The number of aromatic nitrogens is 1. The summed E-state index contributed by atoms with van der Waals surface area (Å²) < 4.78 is 5.79. The predicted octanol–water partition coefficient (Wildman–Crippen LogP) is 4.04. The highest BCUT2D eigenvalue weighted by atomic mass is 35.5. The maximum absolute atomic E-state index is 6.15. The van der Waals surface area contributed by atoms with Crippen molar-refractivity contribution in [3.05, 3.63) is 57.9 Å². The summed E-state index contributed by atoms with van der Waals surface area (Å²) in [7, 11) is 0. The molecule has 0 atom stereocenters. The third-order valence-electron chi connectivity index (χ3n) is 3.26. The summed E-state index contributed by atoms with van der Waals surface area (Å²) in [6.45, 7) is 8.32. The molecular formula is C17H21ClN2O. The first-order chi connectivity index (χ1) is 10.1. The SMILES string of the molecule is CCNCc1ccc(COc2cc(C)c(Cl)c(C)c2)nc1. The second-order valence-corrected chi connectivity index (χ2v) is 5.48. The molecular weight excluding hydrogens is 284 g/mol. The Balaban J connectivity index is 1.96. The second-order valence-electron chi connectivity index (χ2n) is 5.10. The largest absolute Gasteiger partial charge is 0.487 e. The number of halogens is 1. The third-order valence-corrected chi connectivity index (χ3v) is 3.86. The van der Waals surface area contributed by atoms with Crippen LogP contribution in [0.15, 0.2) is 30.5 Å². The number of hydrogen-bond acceptors (Lipinski definition) is 3. The van der Waals surface area contributed by atoms with Crippen LogP contribution in [-0.4, -0.2) is 11.5 Å². The van der Waals surface area contributed by atoms with Crippen molar-refractivity contribution in [1.82, 2.24) is 10.3 Å². The highest BCUT2D eigenvalue weighted by Crippen LogP contribution is 2.26. The summed E-state index contributed by atoms with van der Waals surface area (Å²) >= 11 is 6.15. The molecule has 1 aromatic heterocycles. The Morgan fingerprint density at radius 1 is 1.19 bits per heavy atom. The zero-order valence-corrected chi connectivity index (χ0v) is 13.5. The average molecular weight is 305 g/mol. The van der Waals surface area contributed by atoms with Gasteiger partial charge in [-0.2, -0.15) is 0 Å². The highest BCUT2D eigenvalue weighted by molar-refractivity contribution is 6.32. The van der Waals surface area contributed by atoms with Gasteiger partial charge < -0.3 is 10.1 Å². The monoisotopic (exact) mass is 304 g/mol. The van der Waals surface area contributed by atoms with Gasteiger partial charge >= 0.3 is 0 Å². The topological polar surface area (TPSA) is 34.1 Å². The molecule has 0 saturated heterocycles. The molecule has 1 N–H and O–H groups in total. The Hall–Kier alpha value is -1.58. The van der Waals surface area contributed by atoms with Crippen LogP contribution in [0.4, 0.5) is 0 Å². The number of ether oxygens (including phenoxy) is 1. The number of aryl methyl sites for hydroxylation is 2. The van der Waals surface area contributed by atoms with Crippen molar-refractivity contribution in [2.45, 2.75) is 33.9 Å². The smallest absolute Gasteiger partial charge is 0.130 e.